The monoisotopic (exact) mass is 373 g/mol. The smallest absolute Gasteiger partial charge is 0.138 e. The van der Waals surface area contributed by atoms with Gasteiger partial charge in [-0.2, -0.15) is 0 Å². The van der Waals surface area contributed by atoms with Crippen LogP contribution in [-0.2, 0) is 0 Å². The second kappa shape index (κ2) is 6.70. The summed E-state index contributed by atoms with van der Waals surface area (Å²) in [5.74, 6) is 1.55. The van der Waals surface area contributed by atoms with Crippen LogP contribution in [0, 0.1) is 0 Å². The van der Waals surface area contributed by atoms with Crippen LogP contribution in [0.15, 0.2) is 54.6 Å². The number of nitrogens with one attached hydrogen (secondary N) is 1. The van der Waals surface area contributed by atoms with E-state index < -0.39 is 0 Å². The van der Waals surface area contributed by atoms with Crippen LogP contribution in [0.4, 0.5) is 5.82 Å². The Morgan fingerprint density at radius 2 is 1.96 bits per heavy atom. The molecule has 0 aromatic carbocycles. The van der Waals surface area contributed by atoms with E-state index in [1.54, 1.807) is 17.7 Å². The maximum Gasteiger partial charge on any atom is 0.138 e. The van der Waals surface area contributed by atoms with Crippen molar-refractivity contribution in [3.05, 3.63) is 65.8 Å². The van der Waals surface area contributed by atoms with Gasteiger partial charge >= 0.3 is 0 Å². The van der Waals surface area contributed by atoms with E-state index in [2.05, 4.69) is 50.4 Å². The van der Waals surface area contributed by atoms with Gasteiger partial charge in [-0.25, -0.2) is 9.97 Å². The molecule has 1 fully saturated rings. The molecule has 4 aromatic rings. The molecule has 1 aliphatic carbocycles. The van der Waals surface area contributed by atoms with E-state index >= 15 is 0 Å². The van der Waals surface area contributed by atoms with Gasteiger partial charge in [0.05, 0.1) is 17.1 Å². The molecule has 5 rings (SSSR count). The summed E-state index contributed by atoms with van der Waals surface area (Å²) in [4.78, 5) is 18.8. The van der Waals surface area contributed by atoms with Gasteiger partial charge in [0.2, 0.25) is 0 Å². The third-order valence-corrected chi connectivity index (χ3v) is 5.81. The van der Waals surface area contributed by atoms with E-state index in [0.29, 0.717) is 5.92 Å². The number of aromatic nitrogens is 4. The third-order valence-electron chi connectivity index (χ3n) is 4.99. The van der Waals surface area contributed by atoms with E-state index in [-0.39, 0.29) is 6.04 Å². The second-order valence-electron chi connectivity index (χ2n) is 6.98. The van der Waals surface area contributed by atoms with Crippen molar-refractivity contribution < 1.29 is 0 Å². The van der Waals surface area contributed by atoms with Gasteiger partial charge < -0.3 is 5.32 Å². The van der Waals surface area contributed by atoms with Crippen LogP contribution in [-0.4, -0.2) is 19.9 Å². The van der Waals surface area contributed by atoms with Crippen molar-refractivity contribution in [2.45, 2.75) is 31.7 Å². The van der Waals surface area contributed by atoms with Crippen LogP contribution in [0.2, 0.25) is 0 Å². The molecule has 0 saturated heterocycles. The Morgan fingerprint density at radius 1 is 1.04 bits per heavy atom. The Bertz CT molecular complexity index is 1090. The standard InChI is InChI=1S/C21H19N5S/c1-13(26-20-18-6-7-27-21(18)25-12-24-20)19-5-4-15(11-23-19)17-8-16(9-22-10-17)14-2-3-14/h4-14H,2-3H2,1H3,(H,24,25,26). The number of hydrogen-bond acceptors (Lipinski definition) is 6. The Morgan fingerprint density at radius 3 is 2.78 bits per heavy atom. The Kier molecular flexibility index (Phi) is 4.05. The Labute approximate surface area is 161 Å². The van der Waals surface area contributed by atoms with Gasteiger partial charge in [0.25, 0.3) is 0 Å². The van der Waals surface area contributed by atoms with E-state index in [0.717, 1.165) is 32.9 Å². The molecule has 0 bridgehead atoms. The van der Waals surface area contributed by atoms with E-state index in [1.807, 2.05) is 30.0 Å². The molecule has 5 nitrogen and oxygen atoms in total. The molecular weight excluding hydrogens is 354 g/mol. The van der Waals surface area contributed by atoms with Gasteiger partial charge in [-0.1, -0.05) is 6.07 Å². The molecule has 6 heteroatoms. The molecule has 1 unspecified atom stereocenters. The minimum absolute atomic E-state index is 0.0490. The number of nitrogens with zero attached hydrogens (tertiary/aromatic N) is 4. The van der Waals surface area contributed by atoms with Crippen molar-refractivity contribution in [2.24, 2.45) is 0 Å². The number of thiophene rings is 1. The van der Waals surface area contributed by atoms with Crippen molar-refractivity contribution >= 4 is 27.4 Å². The first kappa shape index (κ1) is 16.3. The lowest BCUT2D eigenvalue weighted by Crippen LogP contribution is -2.09. The first-order valence-electron chi connectivity index (χ1n) is 9.14. The van der Waals surface area contributed by atoms with E-state index in [1.165, 1.54) is 18.4 Å². The van der Waals surface area contributed by atoms with Crippen LogP contribution in [0.5, 0.6) is 0 Å². The van der Waals surface area contributed by atoms with Crippen molar-refractivity contribution in [3.8, 4) is 11.1 Å². The lowest BCUT2D eigenvalue weighted by Gasteiger charge is -2.15. The van der Waals surface area contributed by atoms with Gasteiger partial charge in [0, 0.05) is 29.7 Å². The van der Waals surface area contributed by atoms with Gasteiger partial charge in [0.1, 0.15) is 17.0 Å². The molecule has 0 radical (unpaired) electrons. The largest absolute Gasteiger partial charge is 0.361 e. The summed E-state index contributed by atoms with van der Waals surface area (Å²) >= 11 is 1.62. The minimum Gasteiger partial charge on any atom is -0.361 e. The molecular formula is C21H19N5S. The van der Waals surface area contributed by atoms with Crippen molar-refractivity contribution in [2.75, 3.05) is 5.32 Å². The van der Waals surface area contributed by atoms with Gasteiger partial charge in [-0.15, -0.1) is 11.3 Å². The Hall–Kier alpha value is -2.86. The summed E-state index contributed by atoms with van der Waals surface area (Å²) in [6, 6.07) is 8.53. The van der Waals surface area contributed by atoms with E-state index in [4.69, 9.17) is 0 Å². The maximum atomic E-state index is 4.68. The zero-order valence-corrected chi connectivity index (χ0v) is 15.8. The number of fused-ring (bicyclic) bond motifs is 1. The lowest BCUT2D eigenvalue weighted by molar-refractivity contribution is 0.833. The highest BCUT2D eigenvalue weighted by Crippen LogP contribution is 2.40. The summed E-state index contributed by atoms with van der Waals surface area (Å²) in [5, 5.41) is 6.54. The van der Waals surface area contributed by atoms with Crippen LogP contribution >= 0.6 is 11.3 Å². The number of hydrogen-bond donors (Lipinski definition) is 1. The molecule has 4 heterocycles. The minimum atomic E-state index is 0.0490. The maximum absolute atomic E-state index is 4.68. The van der Waals surface area contributed by atoms with Crippen molar-refractivity contribution in [1.82, 2.24) is 19.9 Å². The molecule has 27 heavy (non-hydrogen) atoms. The normalized spacial score (nSPS) is 15.0. The van der Waals surface area contributed by atoms with Gasteiger partial charge in [0.15, 0.2) is 0 Å². The van der Waals surface area contributed by atoms with Crippen molar-refractivity contribution in [3.63, 3.8) is 0 Å². The Balaban J connectivity index is 1.36. The van der Waals surface area contributed by atoms with Gasteiger partial charge in [-0.05, 0) is 54.8 Å². The molecule has 1 atom stereocenters. The molecule has 1 aliphatic rings. The number of rotatable bonds is 5. The molecule has 1 N–H and O–H groups in total. The topological polar surface area (TPSA) is 63.6 Å². The molecule has 134 valence electrons. The highest BCUT2D eigenvalue weighted by atomic mass is 32.1. The number of pyridine rings is 2. The predicted molar refractivity (Wildman–Crippen MR) is 109 cm³/mol. The summed E-state index contributed by atoms with van der Waals surface area (Å²) in [7, 11) is 0. The molecule has 1 saturated carbocycles. The summed E-state index contributed by atoms with van der Waals surface area (Å²) in [6.07, 6.45) is 10.0. The predicted octanol–water partition coefficient (Wildman–Crippen LogP) is 5.20. The highest BCUT2D eigenvalue weighted by molar-refractivity contribution is 7.16. The summed E-state index contributed by atoms with van der Waals surface area (Å²) < 4.78 is 0. The van der Waals surface area contributed by atoms with Gasteiger partial charge in [-0.3, -0.25) is 9.97 Å². The summed E-state index contributed by atoms with van der Waals surface area (Å²) in [6.45, 7) is 2.09. The molecule has 4 aromatic heterocycles. The zero-order valence-electron chi connectivity index (χ0n) is 15.0. The average Bonchev–Trinajstić information content (AvgIpc) is 3.45. The molecule has 0 spiro atoms. The first-order valence-corrected chi connectivity index (χ1v) is 10.0. The SMILES string of the molecule is CC(Nc1ncnc2sccc12)c1ccc(-c2cncc(C3CC3)c2)cn1. The average molecular weight is 373 g/mol. The molecule has 0 amide bonds. The van der Waals surface area contributed by atoms with Crippen molar-refractivity contribution in [1.29, 1.82) is 0 Å². The fourth-order valence-electron chi connectivity index (χ4n) is 3.27. The molecule has 0 aliphatic heterocycles. The third kappa shape index (κ3) is 3.28. The zero-order chi connectivity index (χ0) is 18.2. The van der Waals surface area contributed by atoms with Crippen LogP contribution in [0.3, 0.4) is 0 Å². The van der Waals surface area contributed by atoms with E-state index in [9.17, 15) is 0 Å². The quantitative estimate of drug-likeness (QED) is 0.521. The second-order valence-corrected chi connectivity index (χ2v) is 7.88. The number of anilines is 1. The van der Waals surface area contributed by atoms with Crippen LogP contribution in [0.1, 0.15) is 43.0 Å². The van der Waals surface area contributed by atoms with Crippen LogP contribution in [0.25, 0.3) is 21.3 Å². The fraction of sp³-hybridized carbons (Fsp3) is 0.238. The lowest BCUT2D eigenvalue weighted by atomic mass is 10.0. The van der Waals surface area contributed by atoms with Crippen LogP contribution < -0.4 is 5.32 Å². The first-order chi connectivity index (χ1) is 13.3. The fourth-order valence-corrected chi connectivity index (χ4v) is 4.00. The highest BCUT2D eigenvalue weighted by Gasteiger charge is 2.24. The summed E-state index contributed by atoms with van der Waals surface area (Å²) in [5.41, 5.74) is 4.56.